The molecule has 5 heteroatoms. The Labute approximate surface area is 85.9 Å². The summed E-state index contributed by atoms with van der Waals surface area (Å²) in [5.74, 6) is 0.850. The Kier molecular flexibility index (Phi) is 4.34. The van der Waals surface area contributed by atoms with Gasteiger partial charge in [-0.05, 0) is 32.4 Å². The lowest BCUT2D eigenvalue weighted by Crippen LogP contribution is -2.37. The monoisotopic (exact) mass is 221 g/mol. The maximum absolute atomic E-state index is 10.8. The summed E-state index contributed by atoms with van der Waals surface area (Å²) in [6.45, 7) is 1.38. The summed E-state index contributed by atoms with van der Waals surface area (Å²) in [4.78, 5) is 0. The van der Waals surface area contributed by atoms with Gasteiger partial charge in [0.15, 0.2) is 0 Å². The first-order valence-corrected chi connectivity index (χ1v) is 7.01. The zero-order chi connectivity index (χ0) is 10.6. The van der Waals surface area contributed by atoms with Crippen LogP contribution in [0.15, 0.2) is 0 Å². The minimum Gasteiger partial charge on any atom is -0.377 e. The summed E-state index contributed by atoms with van der Waals surface area (Å²) in [5.41, 5.74) is 0. The molecule has 0 aromatic carbocycles. The molecule has 0 aromatic rings. The van der Waals surface area contributed by atoms with Crippen molar-refractivity contribution in [2.24, 2.45) is 5.92 Å². The van der Waals surface area contributed by atoms with Crippen LogP contribution in [0.3, 0.4) is 0 Å². The highest BCUT2D eigenvalue weighted by atomic mass is 32.2. The highest BCUT2D eigenvalue weighted by Crippen LogP contribution is 2.29. The van der Waals surface area contributed by atoms with E-state index in [0.717, 1.165) is 19.4 Å². The van der Waals surface area contributed by atoms with Gasteiger partial charge in [0.25, 0.3) is 0 Å². The van der Waals surface area contributed by atoms with E-state index in [-0.39, 0.29) is 11.9 Å². The van der Waals surface area contributed by atoms with Crippen LogP contribution in [0, 0.1) is 5.92 Å². The molecule has 0 amide bonds. The van der Waals surface area contributed by atoms with Gasteiger partial charge in [-0.15, -0.1) is 0 Å². The van der Waals surface area contributed by atoms with E-state index >= 15 is 0 Å². The van der Waals surface area contributed by atoms with Crippen LogP contribution >= 0.6 is 0 Å². The maximum Gasteiger partial charge on any atom is 0.149 e. The van der Waals surface area contributed by atoms with E-state index in [1.54, 1.807) is 0 Å². The lowest BCUT2D eigenvalue weighted by atomic mass is 9.82. The molecule has 4 nitrogen and oxygen atoms in total. The topological polar surface area (TPSA) is 55.4 Å². The average molecular weight is 221 g/mol. The molecule has 0 heterocycles. The van der Waals surface area contributed by atoms with E-state index in [1.807, 2.05) is 7.05 Å². The molecule has 0 atom stereocenters. The molecule has 0 saturated heterocycles. The van der Waals surface area contributed by atoms with E-state index < -0.39 is 9.84 Å². The molecule has 0 aromatic heterocycles. The SMILES string of the molecule is CNCC1CC(OCCS(C)(=O)=O)C1. The Bertz CT molecular complexity index is 257. The summed E-state index contributed by atoms with van der Waals surface area (Å²) in [6, 6.07) is 0. The Hall–Kier alpha value is -0.130. The molecule has 1 saturated carbocycles. The van der Waals surface area contributed by atoms with Gasteiger partial charge >= 0.3 is 0 Å². The summed E-state index contributed by atoms with van der Waals surface area (Å²) in [6.07, 6.45) is 3.64. The molecule has 0 spiro atoms. The number of hydrogen-bond acceptors (Lipinski definition) is 4. The molecule has 1 aliphatic rings. The summed E-state index contributed by atoms with van der Waals surface area (Å²) < 4.78 is 27.0. The lowest BCUT2D eigenvalue weighted by Gasteiger charge is -2.34. The van der Waals surface area contributed by atoms with Gasteiger partial charge in [0.1, 0.15) is 9.84 Å². The van der Waals surface area contributed by atoms with Gasteiger partial charge in [-0.1, -0.05) is 0 Å². The van der Waals surface area contributed by atoms with Crippen molar-refractivity contribution < 1.29 is 13.2 Å². The van der Waals surface area contributed by atoms with Crippen molar-refractivity contribution in [3.63, 3.8) is 0 Å². The molecule has 1 aliphatic carbocycles. The van der Waals surface area contributed by atoms with Crippen molar-refractivity contribution in [3.05, 3.63) is 0 Å². The number of sulfone groups is 1. The van der Waals surface area contributed by atoms with Gasteiger partial charge in [-0.2, -0.15) is 0 Å². The highest BCUT2D eigenvalue weighted by Gasteiger charge is 2.28. The van der Waals surface area contributed by atoms with Crippen molar-refractivity contribution in [2.45, 2.75) is 18.9 Å². The van der Waals surface area contributed by atoms with Crippen molar-refractivity contribution >= 4 is 9.84 Å². The van der Waals surface area contributed by atoms with Gasteiger partial charge in [-0.25, -0.2) is 8.42 Å². The molecular weight excluding hydrogens is 202 g/mol. The fourth-order valence-electron chi connectivity index (χ4n) is 1.63. The standard InChI is InChI=1S/C9H19NO3S/c1-10-7-8-5-9(6-8)13-3-4-14(2,11)12/h8-10H,3-7H2,1-2H3. The van der Waals surface area contributed by atoms with Crippen LogP contribution in [0.2, 0.25) is 0 Å². The normalized spacial score (nSPS) is 27.3. The first kappa shape index (κ1) is 11.9. The molecule has 0 bridgehead atoms. The van der Waals surface area contributed by atoms with E-state index in [9.17, 15) is 8.42 Å². The van der Waals surface area contributed by atoms with E-state index in [4.69, 9.17) is 4.74 Å². The fraction of sp³-hybridized carbons (Fsp3) is 1.00. The predicted molar refractivity (Wildman–Crippen MR) is 56.1 cm³/mol. The smallest absolute Gasteiger partial charge is 0.149 e. The van der Waals surface area contributed by atoms with Crippen LogP contribution in [0.25, 0.3) is 0 Å². The lowest BCUT2D eigenvalue weighted by molar-refractivity contribution is -0.0224. The van der Waals surface area contributed by atoms with Gasteiger partial charge in [0.2, 0.25) is 0 Å². The number of nitrogens with one attached hydrogen (secondary N) is 1. The third-order valence-electron chi connectivity index (χ3n) is 2.49. The molecule has 1 fully saturated rings. The van der Waals surface area contributed by atoms with E-state index in [0.29, 0.717) is 12.5 Å². The van der Waals surface area contributed by atoms with E-state index in [2.05, 4.69) is 5.32 Å². The zero-order valence-corrected chi connectivity index (χ0v) is 9.64. The summed E-state index contributed by atoms with van der Waals surface area (Å²) >= 11 is 0. The van der Waals surface area contributed by atoms with E-state index in [1.165, 1.54) is 6.26 Å². The molecule has 0 aliphatic heterocycles. The van der Waals surface area contributed by atoms with Crippen LogP contribution in [0.5, 0.6) is 0 Å². The van der Waals surface area contributed by atoms with Crippen molar-refractivity contribution in [1.29, 1.82) is 0 Å². The third kappa shape index (κ3) is 4.39. The van der Waals surface area contributed by atoms with Crippen molar-refractivity contribution in [2.75, 3.05) is 32.2 Å². The average Bonchev–Trinajstić information content (AvgIpc) is 1.97. The molecule has 0 radical (unpaired) electrons. The number of hydrogen-bond donors (Lipinski definition) is 1. The van der Waals surface area contributed by atoms with Crippen molar-refractivity contribution in [1.82, 2.24) is 5.32 Å². The largest absolute Gasteiger partial charge is 0.377 e. The minimum absolute atomic E-state index is 0.139. The molecule has 14 heavy (non-hydrogen) atoms. The van der Waals surface area contributed by atoms with Crippen LogP contribution in [0.4, 0.5) is 0 Å². The Morgan fingerprint density at radius 1 is 1.43 bits per heavy atom. The van der Waals surface area contributed by atoms with Crippen LogP contribution in [0.1, 0.15) is 12.8 Å². The number of ether oxygens (including phenoxy) is 1. The fourth-order valence-corrected chi connectivity index (χ4v) is 2.03. The predicted octanol–water partition coefficient (Wildman–Crippen LogP) is 0.0456. The highest BCUT2D eigenvalue weighted by molar-refractivity contribution is 7.90. The van der Waals surface area contributed by atoms with Gasteiger partial charge in [0.05, 0.1) is 18.5 Å². The van der Waals surface area contributed by atoms with Gasteiger partial charge in [0, 0.05) is 6.26 Å². The van der Waals surface area contributed by atoms with Gasteiger partial charge < -0.3 is 10.1 Å². The Morgan fingerprint density at radius 2 is 2.07 bits per heavy atom. The first-order chi connectivity index (χ1) is 6.51. The zero-order valence-electron chi connectivity index (χ0n) is 8.82. The minimum atomic E-state index is -2.87. The second-order valence-electron chi connectivity index (χ2n) is 4.02. The van der Waals surface area contributed by atoms with Crippen LogP contribution in [-0.2, 0) is 14.6 Å². The van der Waals surface area contributed by atoms with Gasteiger partial charge in [-0.3, -0.25) is 0 Å². The quantitative estimate of drug-likeness (QED) is 0.688. The van der Waals surface area contributed by atoms with Crippen molar-refractivity contribution in [3.8, 4) is 0 Å². The second kappa shape index (κ2) is 5.09. The molecule has 1 rings (SSSR count). The first-order valence-electron chi connectivity index (χ1n) is 4.95. The Morgan fingerprint density at radius 3 is 2.57 bits per heavy atom. The van der Waals surface area contributed by atoms with Crippen LogP contribution < -0.4 is 5.32 Å². The molecular formula is C9H19NO3S. The Balaban J connectivity index is 2.01. The van der Waals surface area contributed by atoms with Crippen LogP contribution in [-0.4, -0.2) is 46.7 Å². The molecule has 0 unspecified atom stereocenters. The summed E-state index contributed by atoms with van der Waals surface area (Å²) in [5, 5.41) is 3.12. The molecule has 1 N–H and O–H groups in total. The second-order valence-corrected chi connectivity index (χ2v) is 6.28. The number of rotatable bonds is 6. The summed E-state index contributed by atoms with van der Waals surface area (Å²) in [7, 11) is -0.923. The maximum atomic E-state index is 10.8. The molecule has 84 valence electrons. The third-order valence-corrected chi connectivity index (χ3v) is 3.40.